The number of rotatable bonds is 24. The molecule has 0 aromatic rings. The summed E-state index contributed by atoms with van der Waals surface area (Å²) >= 11 is 0. The van der Waals surface area contributed by atoms with Gasteiger partial charge in [0.2, 0.25) is 5.91 Å². The van der Waals surface area contributed by atoms with Crippen LogP contribution in [0.25, 0.3) is 0 Å². The molecule has 1 amide bonds. The summed E-state index contributed by atoms with van der Waals surface area (Å²) in [6, 6.07) is -0.879. The molecule has 0 saturated carbocycles. The molecule has 2 saturated heterocycles. The average molecular weight is 742 g/mol. The number of unbranched alkanes of at least 4 members (excludes halogenated alkanes) is 2. The van der Waals surface area contributed by atoms with E-state index in [-0.39, 0.29) is 18.9 Å². The minimum absolute atomic E-state index is 0.0660. The maximum Gasteiger partial charge on any atom is 0.224 e. The smallest absolute Gasteiger partial charge is 0.224 e. The molecule has 14 nitrogen and oxygen atoms in total. The Labute approximate surface area is 307 Å². The van der Waals surface area contributed by atoms with Crippen LogP contribution in [0.3, 0.4) is 0 Å². The van der Waals surface area contributed by atoms with Gasteiger partial charge >= 0.3 is 0 Å². The highest BCUT2D eigenvalue weighted by Gasteiger charge is 2.50. The molecule has 2 aliphatic rings. The molecule has 0 aromatic heterocycles. The predicted molar refractivity (Wildman–Crippen MR) is 194 cm³/mol. The van der Waals surface area contributed by atoms with E-state index in [0.717, 1.165) is 38.5 Å². The second-order valence-electron chi connectivity index (χ2n) is 13.0. The van der Waals surface area contributed by atoms with Crippen LogP contribution in [0.15, 0.2) is 60.8 Å². The van der Waals surface area contributed by atoms with Gasteiger partial charge in [-0.25, -0.2) is 0 Å². The van der Waals surface area contributed by atoms with Crippen LogP contribution in [0.1, 0.15) is 78.1 Å². The molecule has 0 radical (unpaired) electrons. The van der Waals surface area contributed by atoms with Gasteiger partial charge in [0.1, 0.15) is 48.8 Å². The number of aliphatic hydroxyl groups is 8. The number of hydrogen-bond acceptors (Lipinski definition) is 13. The third kappa shape index (κ3) is 16.0. The Balaban J connectivity index is 1.90. The Kier molecular flexibility index (Phi) is 23.3. The quantitative estimate of drug-likeness (QED) is 0.0501. The standard InChI is InChI=1S/C38H63NO13/c1-3-5-7-8-9-10-11-12-13-14-15-16-17-18-20-22-30(43)39-26(27(42)21-19-6-4-2)25-49-37-35(48)33(46)36(29(24-41)51-37)52-38-34(47)32(45)31(44)28(23-40)50-38/h5,7,9-10,12-13,15-16,18,20,26-29,31-38,40-42,44-48H,3-4,6,8,11,14,17,19,21-25H2,1-2H3,(H,39,43)/b7-5-,10-9-,13-12-,16-15-,20-18-. The van der Waals surface area contributed by atoms with E-state index in [0.29, 0.717) is 19.3 Å². The van der Waals surface area contributed by atoms with Crippen LogP contribution in [-0.4, -0.2) is 140 Å². The van der Waals surface area contributed by atoms with Gasteiger partial charge in [0.15, 0.2) is 12.6 Å². The van der Waals surface area contributed by atoms with Crippen molar-refractivity contribution in [3.05, 3.63) is 60.8 Å². The van der Waals surface area contributed by atoms with Crippen LogP contribution in [0, 0.1) is 0 Å². The molecule has 0 bridgehead atoms. The lowest BCUT2D eigenvalue weighted by Crippen LogP contribution is -2.65. The summed E-state index contributed by atoms with van der Waals surface area (Å²) < 4.78 is 22.3. The lowest BCUT2D eigenvalue weighted by Gasteiger charge is -2.46. The lowest BCUT2D eigenvalue weighted by molar-refractivity contribution is -0.359. The van der Waals surface area contributed by atoms with Crippen molar-refractivity contribution in [3.63, 3.8) is 0 Å². The van der Waals surface area contributed by atoms with Crippen LogP contribution < -0.4 is 5.32 Å². The maximum absolute atomic E-state index is 12.8. The molecule has 12 atom stereocenters. The first-order valence-electron chi connectivity index (χ1n) is 18.5. The third-order valence-electron chi connectivity index (χ3n) is 8.78. The average Bonchev–Trinajstić information content (AvgIpc) is 3.14. The third-order valence-corrected chi connectivity index (χ3v) is 8.78. The number of amides is 1. The van der Waals surface area contributed by atoms with Gasteiger partial charge < -0.3 is 65.1 Å². The highest BCUT2D eigenvalue weighted by atomic mass is 16.7. The van der Waals surface area contributed by atoms with Gasteiger partial charge in [0.05, 0.1) is 32.0 Å². The molecule has 2 rings (SSSR count). The van der Waals surface area contributed by atoms with Crippen LogP contribution >= 0.6 is 0 Å². The number of aliphatic hydroxyl groups excluding tert-OH is 8. The van der Waals surface area contributed by atoms with Gasteiger partial charge in [-0.2, -0.15) is 0 Å². The van der Waals surface area contributed by atoms with E-state index in [1.807, 2.05) is 19.1 Å². The van der Waals surface area contributed by atoms with Crippen molar-refractivity contribution in [1.29, 1.82) is 0 Å². The minimum Gasteiger partial charge on any atom is -0.394 e. The Morgan fingerprint density at radius 1 is 0.692 bits per heavy atom. The first-order valence-corrected chi connectivity index (χ1v) is 18.5. The molecular weight excluding hydrogens is 678 g/mol. The Bertz CT molecular complexity index is 1110. The summed E-state index contributed by atoms with van der Waals surface area (Å²) in [6.45, 7) is 2.41. The normalized spacial score (nSPS) is 31.4. The van der Waals surface area contributed by atoms with Crippen molar-refractivity contribution in [2.24, 2.45) is 0 Å². The van der Waals surface area contributed by atoms with Gasteiger partial charge in [-0.05, 0) is 38.5 Å². The van der Waals surface area contributed by atoms with E-state index in [4.69, 9.17) is 18.9 Å². The summed E-state index contributed by atoms with van der Waals surface area (Å²) in [5.74, 6) is -0.351. The molecule has 9 N–H and O–H groups in total. The number of allylic oxidation sites excluding steroid dienone is 9. The monoisotopic (exact) mass is 741 g/mol. The number of hydrogen-bond donors (Lipinski definition) is 9. The fraction of sp³-hybridized carbons (Fsp3) is 0.711. The number of carbonyl (C=O) groups is 1. The molecule has 0 aliphatic carbocycles. The van der Waals surface area contributed by atoms with Crippen molar-refractivity contribution in [2.45, 2.75) is 152 Å². The largest absolute Gasteiger partial charge is 0.394 e. The van der Waals surface area contributed by atoms with Gasteiger partial charge in [-0.3, -0.25) is 4.79 Å². The summed E-state index contributed by atoms with van der Waals surface area (Å²) in [6.07, 6.45) is 11.0. The second-order valence-corrected chi connectivity index (χ2v) is 13.0. The van der Waals surface area contributed by atoms with Gasteiger partial charge in [0.25, 0.3) is 0 Å². The van der Waals surface area contributed by atoms with Gasteiger partial charge in [-0.15, -0.1) is 0 Å². The zero-order valence-corrected chi connectivity index (χ0v) is 30.5. The highest BCUT2D eigenvalue weighted by molar-refractivity contribution is 5.77. The van der Waals surface area contributed by atoms with Crippen molar-refractivity contribution in [2.75, 3.05) is 19.8 Å². The molecule has 14 heteroatoms. The minimum atomic E-state index is -1.79. The van der Waals surface area contributed by atoms with E-state index < -0.39 is 86.8 Å². The van der Waals surface area contributed by atoms with Crippen LogP contribution in [-0.2, 0) is 23.7 Å². The maximum atomic E-state index is 12.8. The molecule has 12 unspecified atom stereocenters. The zero-order chi connectivity index (χ0) is 38.3. The topological polar surface area (TPSA) is 228 Å². The van der Waals surface area contributed by atoms with E-state index in [1.165, 1.54) is 0 Å². The number of nitrogens with one attached hydrogen (secondary N) is 1. The lowest BCUT2D eigenvalue weighted by atomic mass is 9.97. The van der Waals surface area contributed by atoms with E-state index in [2.05, 4.69) is 54.8 Å². The first-order chi connectivity index (χ1) is 25.1. The molecule has 0 aromatic carbocycles. The molecule has 0 spiro atoms. The van der Waals surface area contributed by atoms with Gasteiger partial charge in [-0.1, -0.05) is 93.9 Å². The highest BCUT2D eigenvalue weighted by Crippen LogP contribution is 2.29. The van der Waals surface area contributed by atoms with E-state index in [1.54, 1.807) is 6.08 Å². The van der Waals surface area contributed by atoms with Gasteiger partial charge in [0, 0.05) is 6.42 Å². The summed E-state index contributed by atoms with van der Waals surface area (Å²) in [7, 11) is 0. The summed E-state index contributed by atoms with van der Waals surface area (Å²) in [5, 5.41) is 85.4. The number of carbonyl (C=O) groups excluding carboxylic acids is 1. The summed E-state index contributed by atoms with van der Waals surface area (Å²) in [4.78, 5) is 12.8. The predicted octanol–water partition coefficient (Wildman–Crippen LogP) is 1.19. The van der Waals surface area contributed by atoms with Crippen LogP contribution in [0.4, 0.5) is 0 Å². The molecule has 2 heterocycles. The van der Waals surface area contributed by atoms with Crippen molar-refractivity contribution < 1.29 is 64.6 Å². The van der Waals surface area contributed by atoms with E-state index >= 15 is 0 Å². The van der Waals surface area contributed by atoms with E-state index in [9.17, 15) is 45.6 Å². The number of ether oxygens (including phenoxy) is 4. The molecule has 2 aliphatic heterocycles. The second kappa shape index (κ2) is 26.5. The van der Waals surface area contributed by atoms with Crippen LogP contribution in [0.5, 0.6) is 0 Å². The summed E-state index contributed by atoms with van der Waals surface area (Å²) in [5.41, 5.74) is 0. The molecule has 2 fully saturated rings. The Morgan fingerprint density at radius 2 is 1.23 bits per heavy atom. The Morgan fingerprint density at radius 3 is 1.79 bits per heavy atom. The molecule has 52 heavy (non-hydrogen) atoms. The molecule has 298 valence electrons. The fourth-order valence-corrected chi connectivity index (χ4v) is 5.65. The molecular formula is C38H63NO13. The van der Waals surface area contributed by atoms with Crippen molar-refractivity contribution in [3.8, 4) is 0 Å². The van der Waals surface area contributed by atoms with Crippen LogP contribution in [0.2, 0.25) is 0 Å². The SMILES string of the molecule is CC/C=C\C/C=C\C/C=C\C/C=C\C/C=C\CC(=O)NC(COC1OC(CO)C(OC2OC(CO)C(O)C(O)C2O)C(O)C1O)C(O)CCCCC. The zero-order valence-electron chi connectivity index (χ0n) is 30.5. The fourth-order valence-electron chi connectivity index (χ4n) is 5.65. The van der Waals surface area contributed by atoms with Crippen molar-refractivity contribution in [1.82, 2.24) is 5.32 Å². The van der Waals surface area contributed by atoms with Crippen molar-refractivity contribution >= 4 is 5.91 Å². The first kappa shape index (κ1) is 45.8. The Hall–Kier alpha value is -2.31.